The summed E-state index contributed by atoms with van der Waals surface area (Å²) in [5.74, 6) is 0. The Balaban J connectivity index is 2.38. The van der Waals surface area contributed by atoms with Crippen LogP contribution in [0.15, 0.2) is 47.3 Å². The average molecular weight is 299 g/mol. The number of halogens is 1. The lowest BCUT2D eigenvalue weighted by molar-refractivity contribution is 0.749. The first kappa shape index (κ1) is 13.8. The monoisotopic (exact) mass is 298 g/mol. The van der Waals surface area contributed by atoms with Crippen molar-refractivity contribution in [2.75, 3.05) is 0 Å². The molecule has 0 saturated heterocycles. The fourth-order valence-corrected chi connectivity index (χ4v) is 2.64. The molecule has 0 amide bonds. The van der Waals surface area contributed by atoms with Crippen LogP contribution < -0.4 is 5.56 Å². The molecule has 4 heteroatoms. The Morgan fingerprint density at radius 1 is 1.14 bits per heavy atom. The number of aromatic nitrogens is 2. The van der Waals surface area contributed by atoms with Crippen LogP contribution in [0.4, 0.5) is 0 Å². The molecule has 106 valence electrons. The minimum atomic E-state index is -0.0342. The standard InChI is InChI=1S/C17H15ClN2O/c1-3-20-16(21)10-15(12-5-7-13(18)8-6-12)14-9-4-11(2)19-17(14)20/h4-10H,3H2,1-2H3. The molecule has 0 aliphatic carbocycles. The third-order valence-electron chi connectivity index (χ3n) is 3.57. The van der Waals surface area contributed by atoms with Crippen molar-refractivity contribution < 1.29 is 0 Å². The van der Waals surface area contributed by atoms with Crippen molar-refractivity contribution >= 4 is 22.6 Å². The van der Waals surface area contributed by atoms with Gasteiger partial charge in [0, 0.05) is 28.7 Å². The van der Waals surface area contributed by atoms with Gasteiger partial charge in [0.25, 0.3) is 5.56 Å². The molecule has 0 radical (unpaired) electrons. The predicted octanol–water partition coefficient (Wildman–Crippen LogP) is 4.05. The van der Waals surface area contributed by atoms with E-state index in [1.807, 2.05) is 50.2 Å². The summed E-state index contributed by atoms with van der Waals surface area (Å²) in [4.78, 5) is 16.9. The van der Waals surface area contributed by atoms with Crippen molar-refractivity contribution in [3.8, 4) is 11.1 Å². The van der Waals surface area contributed by atoms with E-state index in [9.17, 15) is 4.79 Å². The average Bonchev–Trinajstić information content (AvgIpc) is 2.47. The lowest BCUT2D eigenvalue weighted by Gasteiger charge is -2.12. The van der Waals surface area contributed by atoms with E-state index in [1.165, 1.54) is 0 Å². The van der Waals surface area contributed by atoms with Gasteiger partial charge in [-0.2, -0.15) is 0 Å². The van der Waals surface area contributed by atoms with E-state index in [0.717, 1.165) is 27.9 Å². The third-order valence-corrected chi connectivity index (χ3v) is 3.82. The summed E-state index contributed by atoms with van der Waals surface area (Å²) >= 11 is 5.94. The first-order chi connectivity index (χ1) is 10.1. The Morgan fingerprint density at radius 3 is 2.52 bits per heavy atom. The minimum absolute atomic E-state index is 0.0342. The number of pyridine rings is 2. The normalized spacial score (nSPS) is 11.0. The Morgan fingerprint density at radius 2 is 1.86 bits per heavy atom. The largest absolute Gasteiger partial charge is 0.293 e. The summed E-state index contributed by atoms with van der Waals surface area (Å²) in [5, 5.41) is 1.66. The van der Waals surface area contributed by atoms with Crippen LogP contribution in [0.3, 0.4) is 0 Å². The lowest BCUT2D eigenvalue weighted by atomic mass is 10.0. The first-order valence-corrected chi connectivity index (χ1v) is 7.25. The highest BCUT2D eigenvalue weighted by Crippen LogP contribution is 2.27. The second-order valence-corrected chi connectivity index (χ2v) is 5.41. The summed E-state index contributed by atoms with van der Waals surface area (Å²) < 4.78 is 1.70. The molecule has 0 aliphatic heterocycles. The van der Waals surface area contributed by atoms with Crippen molar-refractivity contribution in [1.82, 2.24) is 9.55 Å². The number of aryl methyl sites for hydroxylation is 2. The smallest absolute Gasteiger partial charge is 0.252 e. The second-order valence-electron chi connectivity index (χ2n) is 4.97. The maximum Gasteiger partial charge on any atom is 0.252 e. The van der Waals surface area contributed by atoms with Crippen LogP contribution in [0.2, 0.25) is 5.02 Å². The van der Waals surface area contributed by atoms with Crippen LogP contribution in [-0.2, 0) is 6.54 Å². The zero-order valence-corrected chi connectivity index (χ0v) is 12.7. The van der Waals surface area contributed by atoms with Gasteiger partial charge in [0.1, 0.15) is 5.65 Å². The third kappa shape index (κ3) is 2.45. The summed E-state index contributed by atoms with van der Waals surface area (Å²) in [6, 6.07) is 13.2. The van der Waals surface area contributed by atoms with Crippen molar-refractivity contribution in [3.05, 3.63) is 63.5 Å². The van der Waals surface area contributed by atoms with Crippen LogP contribution in [0.25, 0.3) is 22.2 Å². The van der Waals surface area contributed by atoms with E-state index in [2.05, 4.69) is 4.98 Å². The number of benzene rings is 1. The SMILES string of the molecule is CCn1c(=O)cc(-c2ccc(Cl)cc2)c2ccc(C)nc21. The highest BCUT2D eigenvalue weighted by Gasteiger charge is 2.11. The predicted molar refractivity (Wildman–Crippen MR) is 86.9 cm³/mol. The van der Waals surface area contributed by atoms with Crippen LogP contribution in [-0.4, -0.2) is 9.55 Å². The summed E-state index contributed by atoms with van der Waals surface area (Å²) in [7, 11) is 0. The number of rotatable bonds is 2. The Labute approximate surface area is 127 Å². The molecule has 0 atom stereocenters. The Bertz CT molecular complexity index is 866. The summed E-state index contributed by atoms with van der Waals surface area (Å²) in [6.45, 7) is 4.48. The van der Waals surface area contributed by atoms with E-state index in [1.54, 1.807) is 10.6 Å². The topological polar surface area (TPSA) is 34.9 Å². The van der Waals surface area contributed by atoms with Gasteiger partial charge in [-0.15, -0.1) is 0 Å². The summed E-state index contributed by atoms with van der Waals surface area (Å²) in [5.41, 5.74) is 3.46. The first-order valence-electron chi connectivity index (χ1n) is 6.87. The fraction of sp³-hybridized carbons (Fsp3) is 0.176. The van der Waals surface area contributed by atoms with Crippen molar-refractivity contribution in [2.45, 2.75) is 20.4 Å². The van der Waals surface area contributed by atoms with Crippen LogP contribution in [0.5, 0.6) is 0 Å². The highest BCUT2D eigenvalue weighted by molar-refractivity contribution is 6.30. The molecule has 21 heavy (non-hydrogen) atoms. The van der Waals surface area contributed by atoms with Crippen LogP contribution in [0.1, 0.15) is 12.6 Å². The van der Waals surface area contributed by atoms with Gasteiger partial charge < -0.3 is 0 Å². The Hall–Kier alpha value is -2.13. The molecule has 0 aliphatic rings. The molecule has 2 heterocycles. The minimum Gasteiger partial charge on any atom is -0.293 e. The number of hydrogen-bond acceptors (Lipinski definition) is 2. The number of hydrogen-bond donors (Lipinski definition) is 0. The second kappa shape index (κ2) is 5.34. The van der Waals surface area contributed by atoms with Gasteiger partial charge in [0.2, 0.25) is 0 Å². The molecule has 0 N–H and O–H groups in total. The molecule has 0 bridgehead atoms. The molecule has 0 spiro atoms. The van der Waals surface area contributed by atoms with Gasteiger partial charge in [-0.25, -0.2) is 4.98 Å². The molecule has 3 rings (SSSR count). The number of nitrogens with zero attached hydrogens (tertiary/aromatic N) is 2. The molecule has 0 fully saturated rings. The van der Waals surface area contributed by atoms with Gasteiger partial charge in [-0.3, -0.25) is 9.36 Å². The quantitative estimate of drug-likeness (QED) is 0.715. The molecule has 2 aromatic heterocycles. The van der Waals surface area contributed by atoms with E-state index in [-0.39, 0.29) is 5.56 Å². The van der Waals surface area contributed by atoms with Crippen LogP contribution >= 0.6 is 11.6 Å². The van der Waals surface area contributed by atoms with Gasteiger partial charge in [0.15, 0.2) is 0 Å². The molecule has 0 saturated carbocycles. The van der Waals surface area contributed by atoms with E-state index >= 15 is 0 Å². The molecule has 3 nitrogen and oxygen atoms in total. The Kier molecular flexibility index (Phi) is 3.52. The van der Waals surface area contributed by atoms with Gasteiger partial charge in [0.05, 0.1) is 0 Å². The molecular weight excluding hydrogens is 284 g/mol. The van der Waals surface area contributed by atoms with Gasteiger partial charge >= 0.3 is 0 Å². The maximum absolute atomic E-state index is 12.3. The fourth-order valence-electron chi connectivity index (χ4n) is 2.52. The molecule has 3 aromatic rings. The van der Waals surface area contributed by atoms with E-state index < -0.39 is 0 Å². The van der Waals surface area contributed by atoms with Crippen molar-refractivity contribution in [2.24, 2.45) is 0 Å². The van der Waals surface area contributed by atoms with E-state index in [0.29, 0.717) is 11.6 Å². The molecule has 1 aromatic carbocycles. The van der Waals surface area contributed by atoms with Gasteiger partial charge in [-0.05, 0) is 49.2 Å². The molecular formula is C17H15ClN2O. The van der Waals surface area contributed by atoms with Gasteiger partial charge in [-0.1, -0.05) is 23.7 Å². The summed E-state index contributed by atoms with van der Waals surface area (Å²) in [6.07, 6.45) is 0. The lowest BCUT2D eigenvalue weighted by Crippen LogP contribution is -2.20. The van der Waals surface area contributed by atoms with E-state index in [4.69, 9.17) is 11.6 Å². The van der Waals surface area contributed by atoms with Crippen molar-refractivity contribution in [3.63, 3.8) is 0 Å². The highest BCUT2D eigenvalue weighted by atomic mass is 35.5. The zero-order chi connectivity index (χ0) is 15.0. The maximum atomic E-state index is 12.3. The zero-order valence-electron chi connectivity index (χ0n) is 11.9. The van der Waals surface area contributed by atoms with Crippen LogP contribution in [0, 0.1) is 6.92 Å². The number of fused-ring (bicyclic) bond motifs is 1. The molecule has 0 unspecified atom stereocenters. The van der Waals surface area contributed by atoms with Crippen molar-refractivity contribution in [1.29, 1.82) is 0 Å².